The third-order valence-electron chi connectivity index (χ3n) is 5.30. The Morgan fingerprint density at radius 1 is 1.36 bits per heavy atom. The first-order chi connectivity index (χ1) is 16.1. The minimum Gasteiger partial charge on any atom is -0.449 e. The van der Waals surface area contributed by atoms with Crippen LogP contribution in [0.3, 0.4) is 0 Å². The van der Waals surface area contributed by atoms with E-state index in [1.165, 1.54) is 17.4 Å². The molecule has 3 heterocycles. The number of nitriles is 1. The smallest absolute Gasteiger partial charge is 0.407 e. The molecule has 4 rings (SSSR count). The van der Waals surface area contributed by atoms with Crippen molar-refractivity contribution < 1.29 is 14.3 Å². The average molecular weight is 479 g/mol. The van der Waals surface area contributed by atoms with Gasteiger partial charge in [0.05, 0.1) is 12.2 Å². The van der Waals surface area contributed by atoms with E-state index in [1.807, 2.05) is 29.0 Å². The number of alkyl carbamates (subject to hydrolysis) is 1. The maximum atomic E-state index is 12.3. The maximum absolute atomic E-state index is 12.3. The van der Waals surface area contributed by atoms with E-state index in [9.17, 15) is 14.9 Å². The molecule has 0 aliphatic heterocycles. The van der Waals surface area contributed by atoms with E-state index >= 15 is 0 Å². The largest absolute Gasteiger partial charge is 0.449 e. The molecule has 0 aromatic carbocycles. The molecule has 0 saturated carbocycles. The van der Waals surface area contributed by atoms with Gasteiger partial charge in [0.2, 0.25) is 5.91 Å². The molecule has 9 heteroatoms. The molecule has 1 atom stereocenters. The van der Waals surface area contributed by atoms with Crippen LogP contribution < -0.4 is 10.6 Å². The van der Waals surface area contributed by atoms with Crippen LogP contribution in [0, 0.1) is 17.2 Å². The lowest BCUT2D eigenvalue weighted by Crippen LogP contribution is -2.27. The number of nitrogens with one attached hydrogen (secondary N) is 2. The molecule has 0 bridgehead atoms. The lowest BCUT2D eigenvalue weighted by atomic mass is 9.88. The van der Waals surface area contributed by atoms with Crippen molar-refractivity contribution in [3.63, 3.8) is 0 Å². The Balaban J connectivity index is 1.31. The Labute approximate surface area is 199 Å². The van der Waals surface area contributed by atoms with E-state index in [-0.39, 0.29) is 11.8 Å². The number of carbonyl (C=O) groups is 2. The number of nitrogens with zero attached hydrogens (tertiary/aromatic N) is 2. The van der Waals surface area contributed by atoms with Gasteiger partial charge in [0, 0.05) is 29.9 Å². The molecule has 0 radical (unpaired) electrons. The molecule has 1 aliphatic carbocycles. The van der Waals surface area contributed by atoms with Crippen LogP contribution in [0.15, 0.2) is 47.4 Å². The first-order valence-corrected chi connectivity index (χ1v) is 12.2. The van der Waals surface area contributed by atoms with Crippen LogP contribution in [0.25, 0.3) is 6.08 Å². The quantitative estimate of drug-likeness (QED) is 0.477. The topological polar surface area (TPSA) is 104 Å². The summed E-state index contributed by atoms with van der Waals surface area (Å²) in [5, 5.41) is 19.7. The summed E-state index contributed by atoms with van der Waals surface area (Å²) in [6.07, 6.45) is 8.40. The second-order valence-corrected chi connectivity index (χ2v) is 9.51. The summed E-state index contributed by atoms with van der Waals surface area (Å²) in [7, 11) is 0. The van der Waals surface area contributed by atoms with Crippen molar-refractivity contribution in [1.82, 2.24) is 10.3 Å². The molecule has 0 fully saturated rings. The number of ether oxygens (including phenoxy) is 1. The molecule has 7 nitrogen and oxygen atoms in total. The third kappa shape index (κ3) is 6.06. The van der Waals surface area contributed by atoms with Crippen LogP contribution in [0.2, 0.25) is 0 Å². The highest BCUT2D eigenvalue weighted by molar-refractivity contribution is 7.16. The van der Waals surface area contributed by atoms with E-state index in [0.717, 1.165) is 34.4 Å². The predicted octanol–water partition coefficient (Wildman–Crippen LogP) is 4.76. The zero-order chi connectivity index (χ0) is 23.0. The Bertz CT molecular complexity index is 1180. The summed E-state index contributed by atoms with van der Waals surface area (Å²) in [6.45, 7) is 0.672. The molecular weight excluding hydrogens is 456 g/mol. The van der Waals surface area contributed by atoms with Crippen LogP contribution in [0.5, 0.6) is 0 Å². The highest BCUT2D eigenvalue weighted by Crippen LogP contribution is 2.39. The zero-order valence-corrected chi connectivity index (χ0v) is 19.4. The summed E-state index contributed by atoms with van der Waals surface area (Å²) >= 11 is 3.00. The molecule has 33 heavy (non-hydrogen) atoms. The van der Waals surface area contributed by atoms with Gasteiger partial charge >= 0.3 is 6.09 Å². The van der Waals surface area contributed by atoms with Gasteiger partial charge < -0.3 is 15.4 Å². The van der Waals surface area contributed by atoms with Crippen molar-refractivity contribution in [3.8, 4) is 6.07 Å². The summed E-state index contributed by atoms with van der Waals surface area (Å²) in [5.74, 6) is -0.0876. The van der Waals surface area contributed by atoms with Gasteiger partial charge in [0.15, 0.2) is 0 Å². The van der Waals surface area contributed by atoms with E-state index in [0.29, 0.717) is 30.1 Å². The molecule has 0 spiro atoms. The van der Waals surface area contributed by atoms with Crippen molar-refractivity contribution in [2.75, 3.05) is 11.9 Å². The molecule has 168 valence electrons. The fraction of sp³-hybridized carbons (Fsp3) is 0.250. The molecule has 1 aliphatic rings. The first kappa shape index (κ1) is 22.7. The standard InChI is InChI=1S/C24H22N4O3S2/c25-11-20-19-5-3-17(14-31-24(30)27-13-18-2-1-8-26-12-18)10-21(19)33-23(20)28-22(29)6-4-16-7-9-32-15-16/h1-2,4,6-9,12,15,17H,3,5,10,13-14H2,(H,27,30)(H,28,29)/b6-4+. The van der Waals surface area contributed by atoms with Gasteiger partial charge in [0.25, 0.3) is 0 Å². The van der Waals surface area contributed by atoms with Gasteiger partial charge in [0.1, 0.15) is 11.1 Å². The Morgan fingerprint density at radius 2 is 2.27 bits per heavy atom. The van der Waals surface area contributed by atoms with E-state index in [4.69, 9.17) is 4.74 Å². The van der Waals surface area contributed by atoms with Gasteiger partial charge in [-0.15, -0.1) is 11.3 Å². The van der Waals surface area contributed by atoms with Crippen molar-refractivity contribution in [2.45, 2.75) is 25.8 Å². The fourth-order valence-corrected chi connectivity index (χ4v) is 5.56. The maximum Gasteiger partial charge on any atom is 0.407 e. The minimum atomic E-state index is -0.459. The molecule has 2 amide bonds. The van der Waals surface area contributed by atoms with Gasteiger partial charge in [-0.05, 0) is 70.8 Å². The lowest BCUT2D eigenvalue weighted by Gasteiger charge is -2.21. The van der Waals surface area contributed by atoms with Crippen molar-refractivity contribution >= 4 is 45.8 Å². The molecule has 3 aromatic rings. The number of thiophene rings is 2. The van der Waals surface area contributed by atoms with E-state index in [2.05, 4.69) is 21.7 Å². The third-order valence-corrected chi connectivity index (χ3v) is 7.17. The van der Waals surface area contributed by atoms with Gasteiger partial charge in [-0.3, -0.25) is 9.78 Å². The summed E-state index contributed by atoms with van der Waals surface area (Å²) in [4.78, 5) is 29.4. The summed E-state index contributed by atoms with van der Waals surface area (Å²) in [5.41, 5.74) is 3.41. The van der Waals surface area contributed by atoms with Crippen LogP contribution in [0.1, 0.15) is 33.6 Å². The average Bonchev–Trinajstić information content (AvgIpc) is 3.47. The van der Waals surface area contributed by atoms with E-state index in [1.54, 1.807) is 29.8 Å². The Hall–Kier alpha value is -3.48. The predicted molar refractivity (Wildman–Crippen MR) is 129 cm³/mol. The second kappa shape index (κ2) is 10.9. The summed E-state index contributed by atoms with van der Waals surface area (Å²) < 4.78 is 5.40. The zero-order valence-electron chi connectivity index (χ0n) is 17.7. The SMILES string of the molecule is N#Cc1c(NC(=O)/C=C/c2ccsc2)sc2c1CCC(COC(=O)NCc1cccnc1)C2. The number of rotatable bonds is 7. The highest BCUT2D eigenvalue weighted by Gasteiger charge is 2.27. The van der Waals surface area contributed by atoms with E-state index < -0.39 is 6.09 Å². The summed E-state index contributed by atoms with van der Waals surface area (Å²) in [6, 6.07) is 7.88. The molecule has 0 saturated heterocycles. The van der Waals surface area contributed by atoms with Crippen molar-refractivity contribution in [2.24, 2.45) is 5.92 Å². The van der Waals surface area contributed by atoms with Gasteiger partial charge in [-0.25, -0.2) is 4.79 Å². The number of anilines is 1. The fourth-order valence-electron chi connectivity index (χ4n) is 3.62. The van der Waals surface area contributed by atoms with Gasteiger partial charge in [-0.1, -0.05) is 6.07 Å². The molecule has 3 aromatic heterocycles. The Kier molecular flexibility index (Phi) is 7.50. The molecular formula is C24H22N4O3S2. The number of hydrogen-bond acceptors (Lipinski definition) is 7. The van der Waals surface area contributed by atoms with Crippen molar-refractivity contribution in [1.29, 1.82) is 5.26 Å². The highest BCUT2D eigenvalue weighted by atomic mass is 32.1. The number of carbonyl (C=O) groups excluding carboxylic acids is 2. The van der Waals surface area contributed by atoms with Gasteiger partial charge in [-0.2, -0.15) is 16.6 Å². The molecule has 1 unspecified atom stereocenters. The normalized spacial score (nSPS) is 14.9. The number of amides is 2. The van der Waals surface area contributed by atoms with Crippen LogP contribution >= 0.6 is 22.7 Å². The Morgan fingerprint density at radius 3 is 3.03 bits per heavy atom. The monoisotopic (exact) mass is 478 g/mol. The minimum absolute atomic E-state index is 0.175. The van der Waals surface area contributed by atoms with Crippen LogP contribution in [0.4, 0.5) is 9.80 Å². The number of aromatic nitrogens is 1. The van der Waals surface area contributed by atoms with Crippen molar-refractivity contribution in [3.05, 3.63) is 74.6 Å². The number of pyridine rings is 1. The lowest BCUT2D eigenvalue weighted by molar-refractivity contribution is -0.111. The molecule has 2 N–H and O–H groups in total. The first-order valence-electron chi connectivity index (χ1n) is 10.5. The number of hydrogen-bond donors (Lipinski definition) is 2. The van der Waals surface area contributed by atoms with Crippen LogP contribution in [-0.4, -0.2) is 23.6 Å². The second-order valence-electron chi connectivity index (χ2n) is 7.62. The van der Waals surface area contributed by atoms with Crippen LogP contribution in [-0.2, 0) is 28.9 Å². The number of fused-ring (bicyclic) bond motifs is 1.